The summed E-state index contributed by atoms with van der Waals surface area (Å²) < 4.78 is 19.3. The Morgan fingerprint density at radius 2 is 2.10 bits per heavy atom. The standard InChI is InChI=1S/C23H23ClFN3O3/c1-14(19-12-26-22(29)18-7-3-2-6-17(18)19)28(13-16-5-4-10-31-16)23(30)27-15-8-9-21(25)20(24)11-15/h2-3,6-9,11-12,14,16H,4-5,10,13H2,1H3,(H,26,29)(H,27,30)/t14-,16-/m0/s1. The third kappa shape index (κ3) is 4.57. The quantitative estimate of drug-likeness (QED) is 0.576. The van der Waals surface area contributed by atoms with Crippen molar-refractivity contribution in [2.75, 3.05) is 18.5 Å². The van der Waals surface area contributed by atoms with Crippen molar-refractivity contribution in [1.82, 2.24) is 9.88 Å². The van der Waals surface area contributed by atoms with Crippen LogP contribution in [0.1, 0.15) is 31.4 Å². The van der Waals surface area contributed by atoms with E-state index in [0.29, 0.717) is 24.2 Å². The van der Waals surface area contributed by atoms with Crippen molar-refractivity contribution >= 4 is 34.1 Å². The highest BCUT2D eigenvalue weighted by atomic mass is 35.5. The van der Waals surface area contributed by atoms with Gasteiger partial charge in [-0.2, -0.15) is 0 Å². The zero-order valence-electron chi connectivity index (χ0n) is 17.0. The average Bonchev–Trinajstić information content (AvgIpc) is 3.28. The molecule has 2 atom stereocenters. The number of amides is 2. The van der Waals surface area contributed by atoms with Crippen LogP contribution in [0, 0.1) is 5.82 Å². The van der Waals surface area contributed by atoms with Gasteiger partial charge in [-0.1, -0.05) is 29.8 Å². The summed E-state index contributed by atoms with van der Waals surface area (Å²) in [6.45, 7) is 2.96. The van der Waals surface area contributed by atoms with E-state index in [-0.39, 0.29) is 28.8 Å². The summed E-state index contributed by atoms with van der Waals surface area (Å²) in [5.41, 5.74) is 1.04. The topological polar surface area (TPSA) is 74.4 Å². The van der Waals surface area contributed by atoms with Crippen LogP contribution in [0.2, 0.25) is 5.02 Å². The molecule has 8 heteroatoms. The maximum Gasteiger partial charge on any atom is 0.322 e. The van der Waals surface area contributed by atoms with E-state index >= 15 is 0 Å². The van der Waals surface area contributed by atoms with Crippen LogP contribution in [0.5, 0.6) is 0 Å². The number of aromatic nitrogens is 1. The van der Waals surface area contributed by atoms with Crippen LogP contribution in [0.3, 0.4) is 0 Å². The minimum absolute atomic E-state index is 0.0665. The smallest absolute Gasteiger partial charge is 0.322 e. The number of benzene rings is 2. The molecule has 3 aromatic rings. The summed E-state index contributed by atoms with van der Waals surface area (Å²) in [7, 11) is 0. The van der Waals surface area contributed by atoms with E-state index in [2.05, 4.69) is 10.3 Å². The van der Waals surface area contributed by atoms with Crippen molar-refractivity contribution in [3.05, 3.63) is 75.4 Å². The Morgan fingerprint density at radius 3 is 2.81 bits per heavy atom. The molecular formula is C23H23ClFN3O3. The van der Waals surface area contributed by atoms with E-state index in [1.54, 1.807) is 23.2 Å². The molecule has 1 fully saturated rings. The van der Waals surface area contributed by atoms with E-state index in [1.807, 2.05) is 19.1 Å². The number of anilines is 1. The SMILES string of the molecule is C[C@@H](c1c[nH]c(=O)c2ccccc12)N(C[C@@H]1CCCO1)C(=O)Nc1ccc(F)c(Cl)c1. The van der Waals surface area contributed by atoms with E-state index in [0.717, 1.165) is 23.8 Å². The largest absolute Gasteiger partial charge is 0.376 e. The highest BCUT2D eigenvalue weighted by Crippen LogP contribution is 2.29. The number of carbonyl (C=O) groups excluding carboxylic acids is 1. The van der Waals surface area contributed by atoms with Gasteiger partial charge in [0.15, 0.2) is 0 Å². The Hall–Kier alpha value is -2.90. The first-order valence-corrected chi connectivity index (χ1v) is 10.6. The van der Waals surface area contributed by atoms with Crippen LogP contribution >= 0.6 is 11.6 Å². The summed E-state index contributed by atoms with van der Waals surface area (Å²) in [6, 6.07) is 10.6. The fourth-order valence-corrected chi connectivity index (χ4v) is 4.12. The molecule has 2 amide bonds. The van der Waals surface area contributed by atoms with Gasteiger partial charge < -0.3 is 19.9 Å². The maximum absolute atomic E-state index is 13.5. The Morgan fingerprint density at radius 1 is 1.32 bits per heavy atom. The number of halogens is 2. The van der Waals surface area contributed by atoms with Gasteiger partial charge >= 0.3 is 6.03 Å². The van der Waals surface area contributed by atoms with Crippen molar-refractivity contribution in [3.8, 4) is 0 Å². The van der Waals surface area contributed by atoms with Crippen molar-refractivity contribution in [3.63, 3.8) is 0 Å². The zero-order valence-corrected chi connectivity index (χ0v) is 17.8. The number of aromatic amines is 1. The Bertz CT molecular complexity index is 1160. The van der Waals surface area contributed by atoms with Crippen molar-refractivity contribution in [2.45, 2.75) is 31.9 Å². The number of pyridine rings is 1. The fraction of sp³-hybridized carbons (Fsp3) is 0.304. The molecule has 0 radical (unpaired) electrons. The number of H-pyrrole nitrogens is 1. The maximum atomic E-state index is 13.5. The number of nitrogens with zero attached hydrogens (tertiary/aromatic N) is 1. The Kier molecular flexibility index (Phi) is 6.25. The van der Waals surface area contributed by atoms with Gasteiger partial charge in [0.05, 0.1) is 17.2 Å². The van der Waals surface area contributed by atoms with Crippen LogP contribution in [-0.2, 0) is 4.74 Å². The zero-order chi connectivity index (χ0) is 22.0. The molecule has 6 nitrogen and oxygen atoms in total. The third-order valence-electron chi connectivity index (χ3n) is 5.62. The minimum Gasteiger partial charge on any atom is -0.376 e. The lowest BCUT2D eigenvalue weighted by molar-refractivity contribution is 0.0743. The average molecular weight is 444 g/mol. The first-order chi connectivity index (χ1) is 14.9. The summed E-state index contributed by atoms with van der Waals surface area (Å²) in [5.74, 6) is -0.552. The van der Waals surface area contributed by atoms with Crippen molar-refractivity contribution in [2.24, 2.45) is 0 Å². The Balaban J connectivity index is 1.67. The van der Waals surface area contributed by atoms with Gasteiger partial charge in [-0.25, -0.2) is 9.18 Å². The molecule has 31 heavy (non-hydrogen) atoms. The molecule has 1 aliphatic rings. The van der Waals surface area contributed by atoms with Gasteiger partial charge in [0.2, 0.25) is 0 Å². The second-order valence-electron chi connectivity index (χ2n) is 7.64. The first-order valence-electron chi connectivity index (χ1n) is 10.2. The lowest BCUT2D eigenvalue weighted by Crippen LogP contribution is -2.42. The minimum atomic E-state index is -0.552. The molecule has 0 spiro atoms. The molecule has 2 aromatic carbocycles. The van der Waals surface area contributed by atoms with Crippen LogP contribution in [-0.4, -0.2) is 35.2 Å². The van der Waals surface area contributed by atoms with Gasteiger partial charge in [-0.3, -0.25) is 4.79 Å². The molecule has 1 aromatic heterocycles. The second kappa shape index (κ2) is 9.08. The fourth-order valence-electron chi connectivity index (χ4n) is 3.94. The first kappa shape index (κ1) is 21.3. The van der Waals surface area contributed by atoms with Crippen LogP contribution in [0.25, 0.3) is 10.8 Å². The van der Waals surface area contributed by atoms with Crippen molar-refractivity contribution < 1.29 is 13.9 Å². The second-order valence-corrected chi connectivity index (χ2v) is 8.05. The molecule has 2 heterocycles. The molecule has 0 bridgehead atoms. The van der Waals surface area contributed by atoms with Crippen LogP contribution < -0.4 is 10.9 Å². The highest BCUT2D eigenvalue weighted by molar-refractivity contribution is 6.31. The van der Waals surface area contributed by atoms with Crippen LogP contribution in [0.15, 0.2) is 53.5 Å². The normalized spacial score (nSPS) is 16.9. The summed E-state index contributed by atoms with van der Waals surface area (Å²) in [4.78, 5) is 29.9. The van der Waals surface area contributed by atoms with Gasteiger partial charge in [-0.15, -0.1) is 0 Å². The predicted molar refractivity (Wildman–Crippen MR) is 119 cm³/mol. The molecule has 162 valence electrons. The van der Waals surface area contributed by atoms with Gasteiger partial charge in [0.1, 0.15) is 5.82 Å². The van der Waals surface area contributed by atoms with E-state index in [1.165, 1.54) is 18.2 Å². The van der Waals surface area contributed by atoms with Crippen LogP contribution in [0.4, 0.5) is 14.9 Å². The van der Waals surface area contributed by atoms with Gasteiger partial charge in [-0.05, 0) is 55.0 Å². The molecule has 0 saturated carbocycles. The number of rotatable bonds is 5. The predicted octanol–water partition coefficient (Wildman–Crippen LogP) is 5.09. The third-order valence-corrected chi connectivity index (χ3v) is 5.90. The number of hydrogen-bond donors (Lipinski definition) is 2. The summed E-state index contributed by atoms with van der Waals surface area (Å²) in [6.07, 6.45) is 3.40. The highest BCUT2D eigenvalue weighted by Gasteiger charge is 2.28. The summed E-state index contributed by atoms with van der Waals surface area (Å²) >= 11 is 5.86. The Labute approximate surface area is 184 Å². The lowest BCUT2D eigenvalue weighted by Gasteiger charge is -2.32. The molecule has 2 N–H and O–H groups in total. The van der Waals surface area contributed by atoms with Gasteiger partial charge in [0, 0.05) is 30.4 Å². The molecule has 4 rings (SSSR count). The number of nitrogens with one attached hydrogen (secondary N) is 2. The number of hydrogen-bond acceptors (Lipinski definition) is 3. The molecule has 0 aliphatic carbocycles. The summed E-state index contributed by atoms with van der Waals surface area (Å²) in [5, 5.41) is 4.09. The number of ether oxygens (including phenoxy) is 1. The molecular weight excluding hydrogens is 421 g/mol. The number of fused-ring (bicyclic) bond motifs is 1. The number of carbonyl (C=O) groups is 1. The van der Waals surface area contributed by atoms with Gasteiger partial charge in [0.25, 0.3) is 5.56 Å². The van der Waals surface area contributed by atoms with E-state index in [4.69, 9.17) is 16.3 Å². The number of urea groups is 1. The van der Waals surface area contributed by atoms with E-state index in [9.17, 15) is 14.0 Å². The van der Waals surface area contributed by atoms with E-state index < -0.39 is 5.82 Å². The lowest BCUT2D eigenvalue weighted by atomic mass is 10.0. The monoisotopic (exact) mass is 443 g/mol. The molecule has 0 unspecified atom stereocenters. The molecule has 1 saturated heterocycles. The molecule has 1 aliphatic heterocycles. The van der Waals surface area contributed by atoms with Crippen molar-refractivity contribution in [1.29, 1.82) is 0 Å².